The number of nitrogens with zero attached hydrogens (tertiary/aromatic N) is 7. The Balaban J connectivity index is 1.31. The molecular formula is C49H31N7. The number of hydrogen-bond donors (Lipinski definition) is 0. The fourth-order valence-electron chi connectivity index (χ4n) is 6.72. The molecule has 0 unspecified atom stereocenters. The minimum Gasteiger partial charge on any atom is -0.238 e. The maximum Gasteiger partial charge on any atom is 0.194 e. The fraction of sp³-hybridized carbons (Fsp3) is 0. The molecule has 0 radical (unpaired) electrons. The minimum atomic E-state index is 0.512. The van der Waals surface area contributed by atoms with Gasteiger partial charge >= 0.3 is 0 Å². The van der Waals surface area contributed by atoms with E-state index in [1.54, 1.807) is 0 Å². The zero-order valence-corrected chi connectivity index (χ0v) is 30.0. The summed E-state index contributed by atoms with van der Waals surface area (Å²) >= 11 is 0. The van der Waals surface area contributed by atoms with Crippen molar-refractivity contribution in [2.45, 2.75) is 0 Å². The lowest BCUT2D eigenvalue weighted by molar-refractivity contribution is 1.07. The van der Waals surface area contributed by atoms with Gasteiger partial charge in [-0.05, 0) is 34.4 Å². The maximum absolute atomic E-state index is 7.94. The summed E-state index contributed by atoms with van der Waals surface area (Å²) in [4.78, 5) is 34.2. The van der Waals surface area contributed by atoms with E-state index >= 15 is 0 Å². The van der Waals surface area contributed by atoms with Gasteiger partial charge in [0, 0.05) is 33.4 Å². The predicted octanol–water partition coefficient (Wildman–Crippen LogP) is 11.9. The monoisotopic (exact) mass is 717 g/mol. The second kappa shape index (κ2) is 15.2. The van der Waals surface area contributed by atoms with E-state index in [1.807, 2.05) is 176 Å². The van der Waals surface area contributed by atoms with Crippen LogP contribution in [0.3, 0.4) is 0 Å². The summed E-state index contributed by atoms with van der Waals surface area (Å²) in [6.07, 6.45) is 0. The third kappa shape index (κ3) is 6.82. The predicted molar refractivity (Wildman–Crippen MR) is 223 cm³/mol. The molecule has 0 aliphatic heterocycles. The van der Waals surface area contributed by atoms with Crippen LogP contribution in [-0.2, 0) is 0 Å². The molecule has 9 rings (SSSR count). The molecule has 0 N–H and O–H groups in total. The van der Waals surface area contributed by atoms with Gasteiger partial charge in [-0.15, -0.1) is 0 Å². The van der Waals surface area contributed by atoms with Gasteiger partial charge in [0.15, 0.2) is 40.6 Å². The molecule has 2 heterocycles. The zero-order chi connectivity index (χ0) is 37.7. The van der Waals surface area contributed by atoms with Crippen molar-refractivity contribution in [1.29, 1.82) is 0 Å². The van der Waals surface area contributed by atoms with Crippen LogP contribution < -0.4 is 0 Å². The van der Waals surface area contributed by atoms with Gasteiger partial charge in [0.1, 0.15) is 0 Å². The Labute approximate surface area is 324 Å². The molecular weight excluding hydrogens is 687 g/mol. The van der Waals surface area contributed by atoms with Gasteiger partial charge in [-0.3, -0.25) is 0 Å². The number of hydrogen-bond acceptors (Lipinski definition) is 6. The molecule has 56 heavy (non-hydrogen) atoms. The molecule has 0 saturated heterocycles. The first-order valence-electron chi connectivity index (χ1n) is 18.2. The highest BCUT2D eigenvalue weighted by molar-refractivity contribution is 5.93. The van der Waals surface area contributed by atoms with Crippen LogP contribution in [0.4, 0.5) is 5.69 Å². The van der Waals surface area contributed by atoms with Crippen molar-refractivity contribution < 1.29 is 0 Å². The number of aromatic nitrogens is 6. The number of para-hydroxylation sites is 1. The summed E-state index contributed by atoms with van der Waals surface area (Å²) in [6, 6.07) is 61.8. The summed E-state index contributed by atoms with van der Waals surface area (Å²) in [6.45, 7) is 7.94. The van der Waals surface area contributed by atoms with Crippen LogP contribution in [0.2, 0.25) is 0 Å². The Hall–Kier alpha value is -7.95. The Morgan fingerprint density at radius 2 is 0.607 bits per heavy atom. The maximum atomic E-state index is 7.94. The van der Waals surface area contributed by atoms with Crippen molar-refractivity contribution in [3.63, 3.8) is 0 Å². The Kier molecular flexibility index (Phi) is 9.18. The largest absolute Gasteiger partial charge is 0.238 e. The first-order valence-corrected chi connectivity index (χ1v) is 18.2. The van der Waals surface area contributed by atoms with Gasteiger partial charge in [0.2, 0.25) is 0 Å². The summed E-state index contributed by atoms with van der Waals surface area (Å²) in [5.41, 5.74) is 9.13. The molecule has 7 aromatic carbocycles. The molecule has 0 aliphatic carbocycles. The summed E-state index contributed by atoms with van der Waals surface area (Å²) < 4.78 is 0. The standard InChI is InChI=1S/C49H31N7/c1-50-43-29-17-16-26-38(43)37-30-31-41(49-55-46(35-22-10-4-11-23-35)52-47(56-49)36-24-12-5-13-25-36)42(32-37)39-27-14-15-28-40(39)48-53-44(33-18-6-2-7-19-33)51-45(54-48)34-20-8-3-9-21-34/h2-32H. The van der Waals surface area contributed by atoms with Crippen molar-refractivity contribution in [2.24, 2.45) is 0 Å². The second-order valence-electron chi connectivity index (χ2n) is 13.0. The molecule has 2 aromatic heterocycles. The van der Waals surface area contributed by atoms with E-state index in [0.717, 1.165) is 55.6 Å². The lowest BCUT2D eigenvalue weighted by atomic mass is 9.90. The Morgan fingerprint density at radius 1 is 0.268 bits per heavy atom. The highest BCUT2D eigenvalue weighted by Crippen LogP contribution is 2.41. The van der Waals surface area contributed by atoms with Crippen LogP contribution in [0, 0.1) is 6.57 Å². The average Bonchev–Trinajstić information content (AvgIpc) is 3.29. The molecule has 0 bridgehead atoms. The first kappa shape index (κ1) is 33.9. The highest BCUT2D eigenvalue weighted by Gasteiger charge is 2.21. The normalized spacial score (nSPS) is 10.8. The van der Waals surface area contributed by atoms with Crippen LogP contribution in [0.15, 0.2) is 188 Å². The van der Waals surface area contributed by atoms with Crippen LogP contribution in [-0.4, -0.2) is 29.9 Å². The quantitative estimate of drug-likeness (QED) is 0.146. The number of benzene rings is 7. The van der Waals surface area contributed by atoms with E-state index in [9.17, 15) is 0 Å². The summed E-state index contributed by atoms with van der Waals surface area (Å²) in [5, 5.41) is 0. The zero-order valence-electron chi connectivity index (χ0n) is 30.0. The van der Waals surface area contributed by atoms with Crippen LogP contribution >= 0.6 is 0 Å². The third-order valence-electron chi connectivity index (χ3n) is 9.45. The minimum absolute atomic E-state index is 0.512. The van der Waals surface area contributed by atoms with E-state index in [4.69, 9.17) is 36.5 Å². The smallest absolute Gasteiger partial charge is 0.194 e. The van der Waals surface area contributed by atoms with E-state index in [-0.39, 0.29) is 0 Å². The first-order chi connectivity index (χ1) is 27.7. The van der Waals surface area contributed by atoms with E-state index in [0.29, 0.717) is 40.6 Å². The van der Waals surface area contributed by atoms with E-state index < -0.39 is 0 Å². The second-order valence-corrected chi connectivity index (χ2v) is 13.0. The van der Waals surface area contributed by atoms with Gasteiger partial charge in [-0.1, -0.05) is 176 Å². The highest BCUT2D eigenvalue weighted by atomic mass is 15.0. The molecule has 262 valence electrons. The SMILES string of the molecule is [C-]#[N+]c1ccccc1-c1ccc(-c2nc(-c3ccccc3)nc(-c3ccccc3)n2)c(-c2ccccc2-c2nc(-c3ccccc3)nc(-c3ccccc3)n2)c1. The van der Waals surface area contributed by atoms with Crippen LogP contribution in [0.5, 0.6) is 0 Å². The van der Waals surface area contributed by atoms with Crippen molar-refractivity contribution >= 4 is 5.69 Å². The van der Waals surface area contributed by atoms with E-state index in [1.165, 1.54) is 0 Å². The van der Waals surface area contributed by atoms with Gasteiger partial charge in [0.05, 0.1) is 6.57 Å². The van der Waals surface area contributed by atoms with Crippen molar-refractivity contribution in [3.8, 4) is 90.6 Å². The average molecular weight is 718 g/mol. The molecule has 7 nitrogen and oxygen atoms in total. The molecule has 0 fully saturated rings. The van der Waals surface area contributed by atoms with Gasteiger partial charge in [-0.25, -0.2) is 34.7 Å². The van der Waals surface area contributed by atoms with Gasteiger partial charge in [-0.2, -0.15) is 0 Å². The van der Waals surface area contributed by atoms with Gasteiger partial charge < -0.3 is 0 Å². The Bertz CT molecular complexity index is 2740. The summed E-state index contributed by atoms with van der Waals surface area (Å²) in [5.74, 6) is 3.31. The molecule has 0 spiro atoms. The van der Waals surface area contributed by atoms with Crippen molar-refractivity contribution in [3.05, 3.63) is 199 Å². The molecule has 0 aliphatic rings. The van der Waals surface area contributed by atoms with Crippen molar-refractivity contribution in [2.75, 3.05) is 0 Å². The molecule has 7 heteroatoms. The Morgan fingerprint density at radius 3 is 1.04 bits per heavy atom. The lowest BCUT2D eigenvalue weighted by Gasteiger charge is -2.17. The summed E-state index contributed by atoms with van der Waals surface area (Å²) in [7, 11) is 0. The van der Waals surface area contributed by atoms with Crippen molar-refractivity contribution in [1.82, 2.24) is 29.9 Å². The topological polar surface area (TPSA) is 81.7 Å². The lowest BCUT2D eigenvalue weighted by Crippen LogP contribution is -2.03. The molecule has 0 amide bonds. The molecule has 9 aromatic rings. The fourth-order valence-corrected chi connectivity index (χ4v) is 6.72. The van der Waals surface area contributed by atoms with Crippen LogP contribution in [0.25, 0.3) is 95.4 Å². The van der Waals surface area contributed by atoms with Crippen LogP contribution in [0.1, 0.15) is 0 Å². The van der Waals surface area contributed by atoms with E-state index in [2.05, 4.69) is 17.0 Å². The number of rotatable bonds is 8. The van der Waals surface area contributed by atoms with Gasteiger partial charge in [0.25, 0.3) is 0 Å². The third-order valence-corrected chi connectivity index (χ3v) is 9.45. The molecule has 0 atom stereocenters. The molecule has 0 saturated carbocycles.